The molecule has 16 heavy (non-hydrogen) atoms. The Bertz CT molecular complexity index is 389. The minimum atomic E-state index is 0.302. The summed E-state index contributed by atoms with van der Waals surface area (Å²) in [7, 11) is 0. The van der Waals surface area contributed by atoms with Crippen molar-refractivity contribution in [1.29, 1.82) is 0 Å². The fourth-order valence-corrected chi connectivity index (χ4v) is 2.85. The molecule has 2 aliphatic heterocycles. The molecule has 0 aliphatic carbocycles. The molecule has 3 heterocycles. The van der Waals surface area contributed by atoms with Crippen LogP contribution in [0.5, 0.6) is 0 Å². The fourth-order valence-electron chi connectivity index (χ4n) is 2.72. The maximum atomic E-state index is 5.91. The highest BCUT2D eigenvalue weighted by Crippen LogP contribution is 2.40. The monoisotopic (exact) mass is 238 g/mol. The number of aromatic nitrogens is 2. The molecule has 0 amide bonds. The van der Waals surface area contributed by atoms with Gasteiger partial charge in [-0.2, -0.15) is 0 Å². The number of anilines is 1. The van der Waals surface area contributed by atoms with E-state index < -0.39 is 0 Å². The number of piperidine rings is 1. The maximum absolute atomic E-state index is 5.91. The molecule has 3 rings (SSSR count). The average molecular weight is 239 g/mol. The predicted octanol–water partition coefficient (Wildman–Crippen LogP) is 1.46. The zero-order chi connectivity index (χ0) is 11.0. The van der Waals surface area contributed by atoms with Crippen molar-refractivity contribution in [2.45, 2.75) is 24.8 Å². The molecular weight excluding hydrogens is 224 g/mol. The van der Waals surface area contributed by atoms with Crippen LogP contribution in [0, 0.1) is 0 Å². The highest BCUT2D eigenvalue weighted by molar-refractivity contribution is 6.29. The summed E-state index contributed by atoms with van der Waals surface area (Å²) in [5, 5.41) is 3.93. The van der Waals surface area contributed by atoms with Crippen LogP contribution in [0.4, 0.5) is 5.95 Å². The van der Waals surface area contributed by atoms with E-state index >= 15 is 0 Å². The molecule has 5 heteroatoms. The minimum Gasteiger partial charge on any atom is -0.335 e. The van der Waals surface area contributed by atoms with E-state index in [4.69, 9.17) is 11.6 Å². The molecule has 1 aromatic heterocycles. The summed E-state index contributed by atoms with van der Waals surface area (Å²) in [6.45, 7) is 3.24. The Morgan fingerprint density at radius 3 is 2.75 bits per heavy atom. The fraction of sp³-hybridized carbons (Fsp3) is 0.636. The van der Waals surface area contributed by atoms with Crippen molar-refractivity contribution >= 4 is 17.5 Å². The van der Waals surface area contributed by atoms with Crippen LogP contribution in [0.2, 0.25) is 5.15 Å². The van der Waals surface area contributed by atoms with Gasteiger partial charge in [0.05, 0.1) is 0 Å². The number of hydrogen-bond acceptors (Lipinski definition) is 4. The third-order valence-electron chi connectivity index (χ3n) is 3.76. The van der Waals surface area contributed by atoms with Crippen LogP contribution in [0.15, 0.2) is 12.3 Å². The second kappa shape index (κ2) is 3.86. The van der Waals surface area contributed by atoms with Gasteiger partial charge in [-0.05, 0) is 38.4 Å². The molecule has 2 saturated heterocycles. The average Bonchev–Trinajstić information content (AvgIpc) is 2.29. The Morgan fingerprint density at radius 2 is 2.12 bits per heavy atom. The summed E-state index contributed by atoms with van der Waals surface area (Å²) in [5.41, 5.74) is 0.302. The van der Waals surface area contributed by atoms with Crippen LogP contribution in [0.1, 0.15) is 19.3 Å². The van der Waals surface area contributed by atoms with E-state index in [2.05, 4.69) is 20.2 Å². The van der Waals surface area contributed by atoms with Gasteiger partial charge in [-0.15, -0.1) is 0 Å². The standard InChI is InChI=1S/C11H15ClN4/c12-9-1-5-14-10(15-9)16-8-4-11(16)2-6-13-7-3-11/h1,5,13H,2-4,6-8H2. The van der Waals surface area contributed by atoms with Gasteiger partial charge in [-0.25, -0.2) is 9.97 Å². The molecule has 0 radical (unpaired) electrons. The van der Waals surface area contributed by atoms with Crippen molar-refractivity contribution in [3.05, 3.63) is 17.4 Å². The summed E-state index contributed by atoms with van der Waals surface area (Å²) in [6, 6.07) is 1.72. The minimum absolute atomic E-state index is 0.302. The van der Waals surface area contributed by atoms with Gasteiger partial charge in [0.25, 0.3) is 0 Å². The normalized spacial score (nSPS) is 23.2. The van der Waals surface area contributed by atoms with Gasteiger partial charge >= 0.3 is 0 Å². The van der Waals surface area contributed by atoms with Crippen LogP contribution in [-0.4, -0.2) is 35.1 Å². The van der Waals surface area contributed by atoms with Crippen molar-refractivity contribution in [1.82, 2.24) is 15.3 Å². The summed E-state index contributed by atoms with van der Waals surface area (Å²) in [6.07, 6.45) is 5.36. The molecule has 0 saturated carbocycles. The first kappa shape index (κ1) is 10.3. The topological polar surface area (TPSA) is 41.1 Å². The molecule has 86 valence electrons. The molecule has 0 aromatic carbocycles. The molecule has 4 nitrogen and oxygen atoms in total. The number of hydrogen-bond donors (Lipinski definition) is 1. The summed E-state index contributed by atoms with van der Waals surface area (Å²) in [4.78, 5) is 10.9. The third kappa shape index (κ3) is 1.57. The van der Waals surface area contributed by atoms with E-state index in [1.54, 1.807) is 12.3 Å². The van der Waals surface area contributed by atoms with E-state index in [1.165, 1.54) is 19.3 Å². The van der Waals surface area contributed by atoms with Crippen molar-refractivity contribution in [3.8, 4) is 0 Å². The van der Waals surface area contributed by atoms with E-state index in [0.29, 0.717) is 10.7 Å². The van der Waals surface area contributed by atoms with Gasteiger partial charge in [-0.1, -0.05) is 11.6 Å². The molecule has 2 fully saturated rings. The first-order chi connectivity index (χ1) is 7.80. The molecule has 1 spiro atoms. The largest absolute Gasteiger partial charge is 0.335 e. The second-order valence-corrected chi connectivity index (χ2v) is 4.94. The number of rotatable bonds is 1. The predicted molar refractivity (Wildman–Crippen MR) is 63.8 cm³/mol. The Kier molecular flexibility index (Phi) is 2.48. The molecule has 1 N–H and O–H groups in total. The summed E-state index contributed by atoms with van der Waals surface area (Å²) in [5.74, 6) is 0.792. The second-order valence-electron chi connectivity index (χ2n) is 4.56. The lowest BCUT2D eigenvalue weighted by atomic mass is 9.77. The van der Waals surface area contributed by atoms with Crippen molar-refractivity contribution < 1.29 is 0 Å². The zero-order valence-corrected chi connectivity index (χ0v) is 9.87. The van der Waals surface area contributed by atoms with Crippen molar-refractivity contribution in [3.63, 3.8) is 0 Å². The van der Waals surface area contributed by atoms with Crippen LogP contribution in [-0.2, 0) is 0 Å². The number of halogens is 1. The molecular formula is C11H15ClN4. The Morgan fingerprint density at radius 1 is 1.31 bits per heavy atom. The third-order valence-corrected chi connectivity index (χ3v) is 3.97. The molecule has 0 atom stereocenters. The van der Waals surface area contributed by atoms with Gasteiger partial charge < -0.3 is 10.2 Å². The molecule has 1 aromatic rings. The highest BCUT2D eigenvalue weighted by atomic mass is 35.5. The van der Waals surface area contributed by atoms with Gasteiger partial charge in [0.1, 0.15) is 5.15 Å². The first-order valence-electron chi connectivity index (χ1n) is 5.77. The van der Waals surface area contributed by atoms with Crippen molar-refractivity contribution in [2.75, 3.05) is 24.5 Å². The molecule has 0 bridgehead atoms. The lowest BCUT2D eigenvalue weighted by Crippen LogP contribution is -2.64. The van der Waals surface area contributed by atoms with E-state index in [0.717, 1.165) is 25.6 Å². The number of nitrogens with one attached hydrogen (secondary N) is 1. The van der Waals surface area contributed by atoms with Gasteiger partial charge in [0.2, 0.25) is 5.95 Å². The smallest absolute Gasteiger partial charge is 0.227 e. The van der Waals surface area contributed by atoms with Gasteiger partial charge in [-0.3, -0.25) is 0 Å². The summed E-state index contributed by atoms with van der Waals surface area (Å²) >= 11 is 5.91. The Balaban J connectivity index is 1.85. The van der Waals surface area contributed by atoms with Crippen LogP contribution in [0.25, 0.3) is 0 Å². The molecule has 0 unspecified atom stereocenters. The zero-order valence-electron chi connectivity index (χ0n) is 9.12. The van der Waals surface area contributed by atoms with Gasteiger partial charge in [0, 0.05) is 18.3 Å². The molecule has 2 aliphatic rings. The van der Waals surface area contributed by atoms with E-state index in [1.807, 2.05) is 0 Å². The quantitative estimate of drug-likeness (QED) is 0.753. The first-order valence-corrected chi connectivity index (χ1v) is 6.15. The van der Waals surface area contributed by atoms with E-state index in [-0.39, 0.29) is 0 Å². The number of nitrogens with zero attached hydrogens (tertiary/aromatic N) is 3. The Hall–Kier alpha value is -0.870. The van der Waals surface area contributed by atoms with Crippen LogP contribution < -0.4 is 10.2 Å². The van der Waals surface area contributed by atoms with E-state index in [9.17, 15) is 0 Å². The SMILES string of the molecule is Clc1ccnc(N2CCC23CCNCC3)n1. The Labute approximate surface area is 100 Å². The van der Waals surface area contributed by atoms with Crippen LogP contribution in [0.3, 0.4) is 0 Å². The maximum Gasteiger partial charge on any atom is 0.227 e. The summed E-state index contributed by atoms with van der Waals surface area (Å²) < 4.78 is 0. The van der Waals surface area contributed by atoms with Gasteiger partial charge in [0.15, 0.2) is 0 Å². The lowest BCUT2D eigenvalue weighted by molar-refractivity contribution is 0.202. The van der Waals surface area contributed by atoms with Crippen LogP contribution >= 0.6 is 11.6 Å². The lowest BCUT2D eigenvalue weighted by Gasteiger charge is -2.55. The highest BCUT2D eigenvalue weighted by Gasteiger charge is 2.46. The van der Waals surface area contributed by atoms with Crippen molar-refractivity contribution in [2.24, 2.45) is 0 Å².